The van der Waals surface area contributed by atoms with E-state index in [0.717, 1.165) is 42.5 Å². The van der Waals surface area contributed by atoms with Crippen molar-refractivity contribution in [2.75, 3.05) is 44.7 Å². The number of aromatic amines is 1. The van der Waals surface area contributed by atoms with Gasteiger partial charge in [0.05, 0.1) is 22.6 Å². The summed E-state index contributed by atoms with van der Waals surface area (Å²) in [5.74, 6) is -0.680. The third-order valence-corrected chi connectivity index (χ3v) is 10.9. The molecule has 0 saturated carbocycles. The van der Waals surface area contributed by atoms with Gasteiger partial charge >= 0.3 is 6.01 Å². The number of piperidine rings is 1. The van der Waals surface area contributed by atoms with E-state index in [2.05, 4.69) is 20.1 Å². The molecular formula is C34H39F3N8O2. The van der Waals surface area contributed by atoms with Crippen LogP contribution >= 0.6 is 0 Å². The lowest BCUT2D eigenvalue weighted by atomic mass is 9.91. The van der Waals surface area contributed by atoms with E-state index < -0.39 is 29.6 Å². The number of aryl methyl sites for hydroxylation is 1. The molecular weight excluding hydrogens is 609 g/mol. The molecule has 10 nitrogen and oxygen atoms in total. The summed E-state index contributed by atoms with van der Waals surface area (Å²) in [7, 11) is 1.66. The minimum atomic E-state index is -1.64. The molecule has 0 radical (unpaired) electrons. The van der Waals surface area contributed by atoms with E-state index in [1.54, 1.807) is 19.4 Å². The van der Waals surface area contributed by atoms with Gasteiger partial charge in [-0.3, -0.25) is 19.8 Å². The van der Waals surface area contributed by atoms with E-state index in [-0.39, 0.29) is 36.3 Å². The van der Waals surface area contributed by atoms with Gasteiger partial charge in [0.2, 0.25) is 0 Å². The number of hydrogen-bond donors (Lipinski definition) is 1. The SMILES string of the molecule is Cc1cc2[nH]ncc2c2c1CCCC(F)C(=O)N(C)[C@@H]1CCCN(C1)c1nc(OC[C@@]34CCCN3C[C@H](F)C4)nc3c(F)c-2ncc13. The van der Waals surface area contributed by atoms with Crippen LogP contribution in [0.1, 0.15) is 56.1 Å². The summed E-state index contributed by atoms with van der Waals surface area (Å²) in [4.78, 5) is 33.1. The van der Waals surface area contributed by atoms with Gasteiger partial charge in [0.15, 0.2) is 12.0 Å². The van der Waals surface area contributed by atoms with Gasteiger partial charge in [-0.2, -0.15) is 15.1 Å². The summed E-state index contributed by atoms with van der Waals surface area (Å²) >= 11 is 0. The molecule has 1 unspecified atom stereocenters. The smallest absolute Gasteiger partial charge is 0.319 e. The quantitative estimate of drug-likeness (QED) is 0.329. The van der Waals surface area contributed by atoms with Crippen LogP contribution in [0.4, 0.5) is 19.0 Å². The fourth-order valence-electron chi connectivity index (χ4n) is 8.46. The maximum atomic E-state index is 17.1. The van der Waals surface area contributed by atoms with E-state index in [1.807, 2.05) is 17.9 Å². The molecule has 3 fully saturated rings. The summed E-state index contributed by atoms with van der Waals surface area (Å²) in [6.07, 6.45) is 5.20. The molecule has 4 atom stereocenters. The minimum absolute atomic E-state index is 0.0153. The molecule has 1 amide bonds. The lowest BCUT2D eigenvalue weighted by molar-refractivity contribution is -0.137. The van der Waals surface area contributed by atoms with Crippen LogP contribution in [0.2, 0.25) is 0 Å². The Bertz CT molecular complexity index is 1870. The number of ether oxygens (including phenoxy) is 1. The van der Waals surface area contributed by atoms with Gasteiger partial charge in [-0.1, -0.05) is 0 Å². The maximum Gasteiger partial charge on any atom is 0.319 e. The average Bonchev–Trinajstić information content (AvgIpc) is 3.77. The molecule has 1 aromatic carbocycles. The highest BCUT2D eigenvalue weighted by Gasteiger charge is 2.49. The molecule has 3 saturated heterocycles. The molecule has 5 aliphatic rings. The fraction of sp³-hybridized carbons (Fsp3) is 0.559. The monoisotopic (exact) mass is 648 g/mol. The number of anilines is 1. The van der Waals surface area contributed by atoms with E-state index in [4.69, 9.17) is 14.7 Å². The third kappa shape index (κ3) is 5.08. The summed E-state index contributed by atoms with van der Waals surface area (Å²) in [6, 6.07) is 1.71. The lowest BCUT2D eigenvalue weighted by Gasteiger charge is -2.39. The van der Waals surface area contributed by atoms with Crippen LogP contribution in [0, 0.1) is 12.7 Å². The standard InChI is InChI=1S/C34H39F3N8O2/c1-19-12-26-23(15-39-42-26)27-22(19)7-3-8-25(36)32(46)43(2)21-6-4-10-44(17-21)31-24-14-38-30(27)28(37)29(24)40-33(41-31)47-18-34-9-5-11-45(34)16-20(35)13-34/h12,14-15,20-21,25H,3-11,13,16-18H2,1-2H3,(H,39,42)/t20-,21-,25?,34+/m1/s1. The van der Waals surface area contributed by atoms with Gasteiger partial charge < -0.3 is 14.5 Å². The molecule has 9 rings (SSSR count). The lowest BCUT2D eigenvalue weighted by Crippen LogP contribution is -2.50. The predicted octanol–water partition coefficient (Wildman–Crippen LogP) is 5.07. The second-order valence-electron chi connectivity index (χ2n) is 13.8. The molecule has 248 valence electrons. The molecule has 8 heterocycles. The van der Waals surface area contributed by atoms with Crippen molar-refractivity contribution < 1.29 is 22.7 Å². The van der Waals surface area contributed by atoms with Gasteiger partial charge in [0, 0.05) is 56.3 Å². The Kier molecular flexibility index (Phi) is 7.49. The van der Waals surface area contributed by atoms with Gasteiger partial charge in [0.1, 0.15) is 29.8 Å². The van der Waals surface area contributed by atoms with Gasteiger partial charge in [-0.25, -0.2) is 13.2 Å². The second-order valence-corrected chi connectivity index (χ2v) is 13.8. The second kappa shape index (κ2) is 11.6. The molecule has 5 aliphatic heterocycles. The fourth-order valence-corrected chi connectivity index (χ4v) is 8.46. The van der Waals surface area contributed by atoms with Crippen molar-refractivity contribution in [1.82, 2.24) is 34.9 Å². The molecule has 1 N–H and O–H groups in total. The number of pyridine rings is 1. The molecule has 13 heteroatoms. The average molecular weight is 649 g/mol. The molecule has 0 aliphatic carbocycles. The van der Waals surface area contributed by atoms with Crippen LogP contribution in [0.15, 0.2) is 18.5 Å². The number of nitrogens with one attached hydrogen (secondary N) is 1. The van der Waals surface area contributed by atoms with E-state index >= 15 is 8.78 Å². The van der Waals surface area contributed by atoms with E-state index in [0.29, 0.717) is 67.5 Å². The van der Waals surface area contributed by atoms with Crippen LogP contribution in [0.5, 0.6) is 6.01 Å². The van der Waals surface area contributed by atoms with Crippen LogP contribution < -0.4 is 9.64 Å². The van der Waals surface area contributed by atoms with Gasteiger partial charge in [-0.05, 0) is 75.6 Å². The van der Waals surface area contributed by atoms with Crippen LogP contribution in [-0.4, -0.2) is 105 Å². The number of benzene rings is 1. The van der Waals surface area contributed by atoms with E-state index in [9.17, 15) is 9.18 Å². The molecule has 6 bridgehead atoms. The van der Waals surface area contributed by atoms with Gasteiger partial charge in [0.25, 0.3) is 5.91 Å². The number of rotatable bonds is 3. The number of amides is 1. The zero-order chi connectivity index (χ0) is 32.4. The number of hydrogen-bond acceptors (Lipinski definition) is 8. The maximum absolute atomic E-state index is 17.1. The van der Waals surface area contributed by atoms with Crippen molar-refractivity contribution in [3.8, 4) is 17.3 Å². The topological polar surface area (TPSA) is 103 Å². The van der Waals surface area contributed by atoms with Crippen molar-refractivity contribution in [2.45, 2.75) is 82.2 Å². The Labute approximate surface area is 270 Å². The molecule has 47 heavy (non-hydrogen) atoms. The first-order valence-electron chi connectivity index (χ1n) is 16.7. The predicted molar refractivity (Wildman–Crippen MR) is 172 cm³/mol. The van der Waals surface area contributed by atoms with Crippen LogP contribution in [-0.2, 0) is 11.2 Å². The highest BCUT2D eigenvalue weighted by atomic mass is 19.1. The number of H-pyrrole nitrogens is 1. The number of carbonyl (C=O) groups excluding carboxylic acids is 1. The van der Waals surface area contributed by atoms with Crippen LogP contribution in [0.3, 0.4) is 0 Å². The summed E-state index contributed by atoms with van der Waals surface area (Å²) in [6.45, 7) is 4.33. The number of likely N-dealkylation sites (N-methyl/N-ethyl adjacent to an activating group) is 1. The van der Waals surface area contributed by atoms with E-state index in [1.165, 1.54) is 4.90 Å². The first-order valence-corrected chi connectivity index (χ1v) is 16.7. The minimum Gasteiger partial charge on any atom is -0.461 e. The zero-order valence-corrected chi connectivity index (χ0v) is 26.7. The molecule has 4 aromatic rings. The number of alkyl halides is 2. The Morgan fingerprint density at radius 2 is 1.96 bits per heavy atom. The van der Waals surface area contributed by atoms with Crippen LogP contribution in [0.25, 0.3) is 33.1 Å². The van der Waals surface area contributed by atoms with Crippen molar-refractivity contribution in [2.24, 2.45) is 0 Å². The number of halogens is 3. The van der Waals surface area contributed by atoms with Gasteiger partial charge in [-0.15, -0.1) is 0 Å². The van der Waals surface area contributed by atoms with Crippen molar-refractivity contribution >= 4 is 33.5 Å². The first-order chi connectivity index (χ1) is 22.7. The molecule has 0 spiro atoms. The number of carbonyl (C=O) groups is 1. The van der Waals surface area contributed by atoms with Crippen molar-refractivity contribution in [3.63, 3.8) is 0 Å². The first kappa shape index (κ1) is 30.3. The molecule has 3 aromatic heterocycles. The number of fused-ring (bicyclic) bond motifs is 8. The highest BCUT2D eigenvalue weighted by Crippen LogP contribution is 2.42. The normalized spacial score (nSPS) is 26.9. The largest absolute Gasteiger partial charge is 0.461 e. The van der Waals surface area contributed by atoms with Crippen molar-refractivity contribution in [1.29, 1.82) is 0 Å². The Balaban J connectivity index is 1.30. The number of aromatic nitrogens is 5. The highest BCUT2D eigenvalue weighted by molar-refractivity contribution is 5.99. The van der Waals surface area contributed by atoms with Crippen molar-refractivity contribution in [3.05, 3.63) is 35.4 Å². The summed E-state index contributed by atoms with van der Waals surface area (Å²) < 4.78 is 53.3. The zero-order valence-electron chi connectivity index (χ0n) is 26.7. The Morgan fingerprint density at radius 3 is 2.83 bits per heavy atom. The summed E-state index contributed by atoms with van der Waals surface area (Å²) in [5, 5.41) is 8.32. The number of nitrogens with zero attached hydrogens (tertiary/aromatic N) is 7. The Hall–Kier alpha value is -4.00. The Morgan fingerprint density at radius 1 is 1.09 bits per heavy atom. The third-order valence-electron chi connectivity index (χ3n) is 10.9. The summed E-state index contributed by atoms with van der Waals surface area (Å²) in [5.41, 5.74) is 2.77.